The molecule has 1 aliphatic rings. The molecule has 0 radical (unpaired) electrons. The summed E-state index contributed by atoms with van der Waals surface area (Å²) in [6, 6.07) is 6.61. The molecule has 1 aromatic rings. The lowest BCUT2D eigenvalue weighted by Crippen LogP contribution is -2.46. The van der Waals surface area contributed by atoms with Gasteiger partial charge in [0, 0.05) is 37.3 Å². The Morgan fingerprint density at radius 2 is 1.70 bits per heavy atom. The van der Waals surface area contributed by atoms with E-state index in [1.807, 2.05) is 0 Å². The molecule has 1 heterocycles. The topological polar surface area (TPSA) is 95.6 Å². The lowest BCUT2D eigenvalue weighted by Gasteiger charge is -2.32. The van der Waals surface area contributed by atoms with Crippen molar-refractivity contribution in [2.45, 2.75) is 25.8 Å². The van der Waals surface area contributed by atoms with Gasteiger partial charge < -0.3 is 10.2 Å². The fourth-order valence-electron chi connectivity index (χ4n) is 2.59. The number of nitrogens with zero attached hydrogens (tertiary/aromatic N) is 1. The number of nitrogens with one attached hydrogen (secondary N) is 2. The highest BCUT2D eigenvalue weighted by atomic mass is 32.2. The number of piperidine rings is 1. The second-order valence-electron chi connectivity index (χ2n) is 5.72. The third kappa shape index (κ3) is 5.33. The van der Waals surface area contributed by atoms with Gasteiger partial charge in [0.25, 0.3) is 5.91 Å². The van der Waals surface area contributed by atoms with Gasteiger partial charge in [-0.25, -0.2) is 13.1 Å². The second-order valence-corrected chi connectivity index (χ2v) is 7.50. The van der Waals surface area contributed by atoms with Crippen LogP contribution in [0.5, 0.6) is 0 Å². The van der Waals surface area contributed by atoms with Crippen LogP contribution in [-0.4, -0.2) is 50.5 Å². The standard InChI is InChI=1S/C15H21N3O4S/c1-11(19)16-13-5-3-12(4-6-13)15(20)18-9-7-14(8-10-18)17-23(2,21)22/h3-6,14,17H,7-10H2,1-2H3,(H,16,19). The summed E-state index contributed by atoms with van der Waals surface area (Å²) in [4.78, 5) is 25.1. The van der Waals surface area contributed by atoms with Gasteiger partial charge in [0.1, 0.15) is 0 Å². The number of rotatable bonds is 4. The molecule has 8 heteroatoms. The number of hydrogen-bond acceptors (Lipinski definition) is 4. The average Bonchev–Trinajstić information content (AvgIpc) is 2.46. The molecule has 126 valence electrons. The molecule has 0 aliphatic carbocycles. The summed E-state index contributed by atoms with van der Waals surface area (Å²) in [6.45, 7) is 2.45. The van der Waals surface area contributed by atoms with Crippen molar-refractivity contribution >= 4 is 27.5 Å². The van der Waals surface area contributed by atoms with E-state index in [1.54, 1.807) is 29.2 Å². The van der Waals surface area contributed by atoms with E-state index in [2.05, 4.69) is 10.0 Å². The molecule has 1 fully saturated rings. The molecule has 2 N–H and O–H groups in total. The van der Waals surface area contributed by atoms with Crippen LogP contribution in [0.25, 0.3) is 0 Å². The van der Waals surface area contributed by atoms with Crippen LogP contribution in [0.1, 0.15) is 30.1 Å². The van der Waals surface area contributed by atoms with Crippen LogP contribution in [0.3, 0.4) is 0 Å². The van der Waals surface area contributed by atoms with E-state index < -0.39 is 10.0 Å². The number of carbonyl (C=O) groups is 2. The number of sulfonamides is 1. The molecule has 23 heavy (non-hydrogen) atoms. The molecule has 7 nitrogen and oxygen atoms in total. The monoisotopic (exact) mass is 339 g/mol. The molecule has 0 unspecified atom stereocenters. The zero-order chi connectivity index (χ0) is 17.0. The molecular formula is C15H21N3O4S. The van der Waals surface area contributed by atoms with Crippen molar-refractivity contribution < 1.29 is 18.0 Å². The maximum Gasteiger partial charge on any atom is 0.253 e. The summed E-state index contributed by atoms with van der Waals surface area (Å²) in [5.41, 5.74) is 1.19. The summed E-state index contributed by atoms with van der Waals surface area (Å²) >= 11 is 0. The minimum absolute atomic E-state index is 0.0859. The van der Waals surface area contributed by atoms with Crippen molar-refractivity contribution in [1.82, 2.24) is 9.62 Å². The van der Waals surface area contributed by atoms with E-state index in [1.165, 1.54) is 6.92 Å². The third-order valence-corrected chi connectivity index (χ3v) is 4.38. The van der Waals surface area contributed by atoms with Crippen molar-refractivity contribution in [1.29, 1.82) is 0 Å². The first-order valence-electron chi connectivity index (χ1n) is 7.39. The molecular weight excluding hydrogens is 318 g/mol. The van der Waals surface area contributed by atoms with Crippen molar-refractivity contribution in [2.75, 3.05) is 24.7 Å². The van der Waals surface area contributed by atoms with Crippen LogP contribution in [0.15, 0.2) is 24.3 Å². The van der Waals surface area contributed by atoms with Crippen LogP contribution in [0.2, 0.25) is 0 Å². The van der Waals surface area contributed by atoms with E-state index in [0.29, 0.717) is 37.2 Å². The van der Waals surface area contributed by atoms with Crippen LogP contribution in [0, 0.1) is 0 Å². The molecule has 0 atom stereocenters. The largest absolute Gasteiger partial charge is 0.339 e. The second kappa shape index (κ2) is 7.10. The molecule has 0 aromatic heterocycles. The maximum atomic E-state index is 12.4. The van der Waals surface area contributed by atoms with Crippen molar-refractivity contribution in [2.24, 2.45) is 0 Å². The minimum Gasteiger partial charge on any atom is -0.339 e. The van der Waals surface area contributed by atoms with Gasteiger partial charge in [0.2, 0.25) is 15.9 Å². The number of benzene rings is 1. The van der Waals surface area contributed by atoms with Gasteiger partial charge in [-0.05, 0) is 37.1 Å². The van der Waals surface area contributed by atoms with E-state index in [9.17, 15) is 18.0 Å². The van der Waals surface area contributed by atoms with E-state index >= 15 is 0 Å². The number of carbonyl (C=O) groups excluding carboxylic acids is 2. The Hall–Kier alpha value is -1.93. The Bertz CT molecular complexity index is 677. The zero-order valence-corrected chi connectivity index (χ0v) is 14.0. The smallest absolute Gasteiger partial charge is 0.253 e. The third-order valence-electron chi connectivity index (χ3n) is 3.62. The normalized spacial score (nSPS) is 16.2. The summed E-state index contributed by atoms with van der Waals surface area (Å²) < 4.78 is 25.0. The van der Waals surface area contributed by atoms with Crippen LogP contribution >= 0.6 is 0 Å². The lowest BCUT2D eigenvalue weighted by molar-refractivity contribution is -0.114. The molecule has 1 saturated heterocycles. The quantitative estimate of drug-likeness (QED) is 0.848. The van der Waals surface area contributed by atoms with Gasteiger partial charge in [-0.3, -0.25) is 9.59 Å². The summed E-state index contributed by atoms with van der Waals surface area (Å²) in [5.74, 6) is -0.248. The SMILES string of the molecule is CC(=O)Nc1ccc(C(=O)N2CCC(NS(C)(=O)=O)CC2)cc1. The molecule has 0 bridgehead atoms. The van der Waals surface area contributed by atoms with Gasteiger partial charge in [-0.15, -0.1) is 0 Å². The van der Waals surface area contributed by atoms with Gasteiger partial charge in [-0.2, -0.15) is 0 Å². The summed E-state index contributed by atoms with van der Waals surface area (Å²) in [5, 5.41) is 2.65. The number of hydrogen-bond donors (Lipinski definition) is 2. The van der Waals surface area contributed by atoms with E-state index in [0.717, 1.165) is 6.26 Å². The predicted molar refractivity (Wildman–Crippen MR) is 87.7 cm³/mol. The Morgan fingerprint density at radius 3 is 2.17 bits per heavy atom. The van der Waals surface area contributed by atoms with Crippen molar-refractivity contribution in [3.05, 3.63) is 29.8 Å². The number of anilines is 1. The Kier molecular flexibility index (Phi) is 5.38. The van der Waals surface area contributed by atoms with Gasteiger partial charge >= 0.3 is 0 Å². The Balaban J connectivity index is 1.93. The van der Waals surface area contributed by atoms with Crippen molar-refractivity contribution in [3.63, 3.8) is 0 Å². The average molecular weight is 339 g/mol. The fourth-order valence-corrected chi connectivity index (χ4v) is 3.43. The first-order chi connectivity index (χ1) is 10.7. The van der Waals surface area contributed by atoms with Crippen molar-refractivity contribution in [3.8, 4) is 0 Å². The molecule has 2 rings (SSSR count). The maximum absolute atomic E-state index is 12.4. The van der Waals surface area contributed by atoms with Gasteiger partial charge in [-0.1, -0.05) is 0 Å². The zero-order valence-electron chi connectivity index (χ0n) is 13.2. The predicted octanol–water partition coefficient (Wildman–Crippen LogP) is 0.799. The first-order valence-corrected chi connectivity index (χ1v) is 9.28. The lowest BCUT2D eigenvalue weighted by atomic mass is 10.0. The minimum atomic E-state index is -3.22. The highest BCUT2D eigenvalue weighted by molar-refractivity contribution is 7.88. The van der Waals surface area contributed by atoms with E-state index in [4.69, 9.17) is 0 Å². The molecule has 0 saturated carbocycles. The molecule has 0 spiro atoms. The number of likely N-dealkylation sites (tertiary alicyclic amines) is 1. The fraction of sp³-hybridized carbons (Fsp3) is 0.467. The Labute approximate surface area is 136 Å². The molecule has 1 aliphatic heterocycles. The van der Waals surface area contributed by atoms with Crippen LogP contribution in [-0.2, 0) is 14.8 Å². The highest BCUT2D eigenvalue weighted by Gasteiger charge is 2.25. The molecule has 2 amide bonds. The van der Waals surface area contributed by atoms with Crippen LogP contribution in [0.4, 0.5) is 5.69 Å². The van der Waals surface area contributed by atoms with Gasteiger partial charge in [0.05, 0.1) is 6.26 Å². The van der Waals surface area contributed by atoms with Crippen LogP contribution < -0.4 is 10.0 Å². The molecule has 1 aromatic carbocycles. The Morgan fingerprint density at radius 1 is 1.13 bits per heavy atom. The van der Waals surface area contributed by atoms with Gasteiger partial charge in [0.15, 0.2) is 0 Å². The summed E-state index contributed by atoms with van der Waals surface area (Å²) in [7, 11) is -3.22. The number of amides is 2. The summed E-state index contributed by atoms with van der Waals surface area (Å²) in [6.07, 6.45) is 2.34. The highest BCUT2D eigenvalue weighted by Crippen LogP contribution is 2.16. The first kappa shape index (κ1) is 17.4. The van der Waals surface area contributed by atoms with E-state index in [-0.39, 0.29) is 17.9 Å².